The lowest BCUT2D eigenvalue weighted by atomic mass is 10.1. The van der Waals surface area contributed by atoms with Crippen LogP contribution < -0.4 is 15.5 Å². The summed E-state index contributed by atoms with van der Waals surface area (Å²) in [6, 6.07) is 14.5. The van der Waals surface area contributed by atoms with Gasteiger partial charge in [-0.1, -0.05) is 55.2 Å². The number of urea groups is 2. The lowest BCUT2D eigenvalue weighted by Crippen LogP contribution is -2.52. The van der Waals surface area contributed by atoms with Gasteiger partial charge in [0, 0.05) is 74.6 Å². The standard InChI is InChI=1S/C23H22ClF4N5O2.C22H25ClF2N4O2/c1-2-31-7-9-32(10-8-31)23(34)33(19-6-5-16(25)12-17(19)24)13-15-4-3-14(11-18(15)26)21-29-30-22(35-21)20(27)28;1-2-27-7-9-28(10-8-27)22(31)29(20-6-5-17(24)12-18(20)23)14-16-4-3-15(11-19(16)25)21(30)13-26/h3-6,11-12,20H,2,7-10,13H2,1H3;3-6,11-12H,2,7-10,13-14,26H2,1H3. The van der Waals surface area contributed by atoms with Crippen LogP contribution in [0.1, 0.15) is 47.6 Å². The van der Waals surface area contributed by atoms with Crippen molar-refractivity contribution in [2.24, 2.45) is 5.73 Å². The van der Waals surface area contributed by atoms with Crippen LogP contribution in [0.5, 0.6) is 0 Å². The molecule has 352 valence electrons. The van der Waals surface area contributed by atoms with E-state index in [1.807, 2.05) is 6.92 Å². The lowest BCUT2D eigenvalue weighted by molar-refractivity contribution is 0.100. The van der Waals surface area contributed by atoms with Crippen LogP contribution in [0, 0.1) is 23.3 Å². The summed E-state index contributed by atoms with van der Waals surface area (Å²) in [5, 5.41) is 6.82. The minimum atomic E-state index is -2.94. The second-order valence-corrected chi connectivity index (χ2v) is 16.1. The molecular weight excluding hydrogens is 915 g/mol. The van der Waals surface area contributed by atoms with Crippen LogP contribution >= 0.6 is 23.2 Å². The number of aromatic nitrogens is 2. The Morgan fingerprint density at radius 1 is 0.667 bits per heavy atom. The van der Waals surface area contributed by atoms with E-state index in [4.69, 9.17) is 33.4 Å². The first kappa shape index (κ1) is 49.7. The molecule has 4 aromatic carbocycles. The average molecular weight is 963 g/mol. The third-order valence-corrected chi connectivity index (χ3v) is 11.8. The van der Waals surface area contributed by atoms with Gasteiger partial charge in [-0.25, -0.2) is 27.2 Å². The SMILES string of the molecule is CCN1CCN(C(=O)N(Cc2ccc(-c3nnc(C(F)F)o3)cc2F)c2ccc(F)cc2Cl)CC1.CCN1CCN(C(=O)N(Cc2ccc(C(=O)CN)cc2F)c2ccc(F)cc2Cl)CC1. The van der Waals surface area contributed by atoms with Crippen LogP contribution in [0.25, 0.3) is 11.5 Å². The zero-order chi connectivity index (χ0) is 47.7. The van der Waals surface area contributed by atoms with Crippen molar-refractivity contribution in [1.29, 1.82) is 0 Å². The highest BCUT2D eigenvalue weighted by atomic mass is 35.5. The van der Waals surface area contributed by atoms with Crippen molar-refractivity contribution in [3.8, 4) is 11.5 Å². The van der Waals surface area contributed by atoms with E-state index in [0.29, 0.717) is 39.3 Å². The number of carbonyl (C=O) groups excluding carboxylic acids is 3. The molecule has 21 heteroatoms. The molecule has 2 fully saturated rings. The molecule has 5 aromatic rings. The fourth-order valence-corrected chi connectivity index (χ4v) is 7.86. The van der Waals surface area contributed by atoms with Crippen LogP contribution in [-0.2, 0) is 13.1 Å². The number of benzene rings is 4. The number of rotatable bonds is 12. The molecule has 2 aliphatic heterocycles. The number of amides is 4. The summed E-state index contributed by atoms with van der Waals surface area (Å²) in [5.41, 5.74) is 6.47. The topological polar surface area (TPSA) is 136 Å². The number of piperazine rings is 2. The van der Waals surface area contributed by atoms with Crippen LogP contribution in [-0.4, -0.2) is 120 Å². The van der Waals surface area contributed by atoms with Gasteiger partial charge in [0.2, 0.25) is 5.89 Å². The maximum Gasteiger partial charge on any atom is 0.324 e. The average Bonchev–Trinajstić information content (AvgIpc) is 3.82. The number of anilines is 2. The monoisotopic (exact) mass is 961 g/mol. The Kier molecular flexibility index (Phi) is 17.1. The molecule has 0 saturated carbocycles. The Morgan fingerprint density at radius 2 is 1.14 bits per heavy atom. The van der Waals surface area contributed by atoms with Gasteiger partial charge in [-0.2, -0.15) is 8.78 Å². The molecule has 1 aromatic heterocycles. The van der Waals surface area contributed by atoms with Crippen molar-refractivity contribution in [1.82, 2.24) is 29.8 Å². The Balaban J connectivity index is 0.000000220. The minimum Gasteiger partial charge on any atom is -0.415 e. The number of nitrogens with two attached hydrogens (primary N) is 1. The van der Waals surface area contributed by atoms with Gasteiger partial charge in [0.25, 0.3) is 5.89 Å². The van der Waals surface area contributed by atoms with Gasteiger partial charge in [0.15, 0.2) is 5.78 Å². The molecule has 0 unspecified atom stereocenters. The Morgan fingerprint density at radius 3 is 1.53 bits per heavy atom. The normalized spacial score (nSPS) is 14.5. The maximum absolute atomic E-state index is 15.1. The summed E-state index contributed by atoms with van der Waals surface area (Å²) in [6.45, 7) is 10.2. The van der Waals surface area contributed by atoms with E-state index in [1.54, 1.807) is 9.80 Å². The van der Waals surface area contributed by atoms with Crippen molar-refractivity contribution < 1.29 is 45.1 Å². The summed E-state index contributed by atoms with van der Waals surface area (Å²) in [6.07, 6.45) is -2.94. The number of hydrogen-bond donors (Lipinski definition) is 1. The van der Waals surface area contributed by atoms with Crippen molar-refractivity contribution in [2.75, 3.05) is 81.8 Å². The summed E-state index contributed by atoms with van der Waals surface area (Å²) in [7, 11) is 0. The number of likely N-dealkylation sites (N-methyl/N-ethyl adjacent to an activating group) is 2. The van der Waals surface area contributed by atoms with Gasteiger partial charge in [-0.3, -0.25) is 14.6 Å². The molecule has 13 nitrogen and oxygen atoms in total. The Hall–Kier alpha value is -5.73. The van der Waals surface area contributed by atoms with E-state index in [1.165, 1.54) is 58.3 Å². The van der Waals surface area contributed by atoms with Gasteiger partial charge in [-0.05, 0) is 67.7 Å². The second-order valence-electron chi connectivity index (χ2n) is 15.3. The summed E-state index contributed by atoms with van der Waals surface area (Å²) >= 11 is 12.5. The number of nitrogens with zero attached hydrogens (tertiary/aromatic N) is 8. The first-order chi connectivity index (χ1) is 31.6. The number of hydrogen-bond acceptors (Lipinski definition) is 9. The third kappa shape index (κ3) is 12.2. The predicted octanol–water partition coefficient (Wildman–Crippen LogP) is 8.89. The van der Waals surface area contributed by atoms with E-state index in [0.717, 1.165) is 50.4 Å². The highest BCUT2D eigenvalue weighted by Crippen LogP contribution is 2.32. The first-order valence-corrected chi connectivity index (χ1v) is 21.8. The Labute approximate surface area is 387 Å². The highest BCUT2D eigenvalue weighted by Gasteiger charge is 2.30. The summed E-state index contributed by atoms with van der Waals surface area (Å²) in [5.74, 6) is -3.95. The fraction of sp³-hybridized carbons (Fsp3) is 0.356. The van der Waals surface area contributed by atoms with E-state index in [-0.39, 0.29) is 81.0 Å². The fourth-order valence-electron chi connectivity index (χ4n) is 7.32. The van der Waals surface area contributed by atoms with E-state index in [2.05, 4.69) is 26.9 Å². The molecule has 4 amide bonds. The van der Waals surface area contributed by atoms with Crippen LogP contribution in [0.3, 0.4) is 0 Å². The van der Waals surface area contributed by atoms with Crippen molar-refractivity contribution in [3.05, 3.63) is 129 Å². The second kappa shape index (κ2) is 22.6. The number of alkyl halides is 2. The number of Topliss-reactive ketones (excluding diaryl/α,β-unsaturated/α-hetero) is 1. The maximum atomic E-state index is 15.1. The van der Waals surface area contributed by atoms with Crippen molar-refractivity contribution in [3.63, 3.8) is 0 Å². The smallest absolute Gasteiger partial charge is 0.324 e. The molecule has 2 N–H and O–H groups in total. The molecule has 0 bridgehead atoms. The minimum absolute atomic E-state index is 0.00737. The molecule has 0 spiro atoms. The molecule has 66 heavy (non-hydrogen) atoms. The molecule has 0 atom stereocenters. The lowest BCUT2D eigenvalue weighted by Gasteiger charge is -2.37. The van der Waals surface area contributed by atoms with Crippen molar-refractivity contribution in [2.45, 2.75) is 33.4 Å². The molecule has 0 radical (unpaired) electrons. The third-order valence-electron chi connectivity index (χ3n) is 11.2. The van der Waals surface area contributed by atoms with Gasteiger partial charge in [-0.15, -0.1) is 10.2 Å². The zero-order valence-corrected chi connectivity index (χ0v) is 37.5. The van der Waals surface area contributed by atoms with Gasteiger partial charge in [0.1, 0.15) is 23.3 Å². The molecular formula is C45H47Cl2F6N9O4. The predicted molar refractivity (Wildman–Crippen MR) is 238 cm³/mol. The highest BCUT2D eigenvalue weighted by molar-refractivity contribution is 6.34. The number of halogens is 8. The van der Waals surface area contributed by atoms with Crippen LogP contribution in [0.15, 0.2) is 77.2 Å². The summed E-state index contributed by atoms with van der Waals surface area (Å²) in [4.78, 5) is 48.9. The largest absolute Gasteiger partial charge is 0.415 e. The van der Waals surface area contributed by atoms with E-state index < -0.39 is 41.6 Å². The number of carbonyl (C=O) groups is 3. The van der Waals surface area contributed by atoms with Gasteiger partial charge < -0.3 is 29.8 Å². The molecule has 2 saturated heterocycles. The first-order valence-electron chi connectivity index (χ1n) is 21.0. The zero-order valence-electron chi connectivity index (χ0n) is 36.0. The van der Waals surface area contributed by atoms with Gasteiger partial charge >= 0.3 is 18.5 Å². The Bertz CT molecular complexity index is 2500. The quantitative estimate of drug-likeness (QED) is 0.0961. The van der Waals surface area contributed by atoms with Crippen LogP contribution in [0.4, 0.5) is 47.3 Å². The molecule has 3 heterocycles. The molecule has 7 rings (SSSR count). The molecule has 2 aliphatic rings. The van der Waals surface area contributed by atoms with E-state index in [9.17, 15) is 36.3 Å². The van der Waals surface area contributed by atoms with E-state index >= 15 is 4.39 Å². The summed E-state index contributed by atoms with van der Waals surface area (Å²) < 4.78 is 87.4. The van der Waals surface area contributed by atoms with Crippen molar-refractivity contribution >= 4 is 52.4 Å². The number of ketones is 1. The van der Waals surface area contributed by atoms with Crippen LogP contribution in [0.2, 0.25) is 10.0 Å². The van der Waals surface area contributed by atoms with Gasteiger partial charge in [0.05, 0.1) is 41.1 Å². The molecule has 0 aliphatic carbocycles.